The van der Waals surface area contributed by atoms with Gasteiger partial charge in [0, 0.05) is 13.1 Å². The van der Waals surface area contributed by atoms with E-state index in [1.165, 1.54) is 4.90 Å². The molecule has 0 aliphatic carbocycles. The number of aliphatic carboxylic acids is 1. The Hall–Kier alpha value is -1.59. The highest BCUT2D eigenvalue weighted by atomic mass is 19.1. The fourth-order valence-electron chi connectivity index (χ4n) is 1.35. The van der Waals surface area contributed by atoms with E-state index in [1.54, 1.807) is 19.9 Å². The van der Waals surface area contributed by atoms with E-state index >= 15 is 0 Å². The van der Waals surface area contributed by atoms with Gasteiger partial charge in [-0.25, -0.2) is 9.18 Å². The molecular weight excluding hydrogens is 217 g/mol. The number of carboxylic acid groups (broad SMARTS) is 1. The average Bonchev–Trinajstić information content (AvgIpc) is 2.16. The van der Waals surface area contributed by atoms with Crippen LogP contribution in [0.25, 0.3) is 0 Å². The molecule has 1 aliphatic heterocycles. The summed E-state index contributed by atoms with van der Waals surface area (Å²) in [6.07, 6.45) is 0.970. The molecule has 0 unspecified atom stereocenters. The molecule has 16 heavy (non-hydrogen) atoms. The maximum absolute atomic E-state index is 12.5. The lowest BCUT2D eigenvalue weighted by molar-refractivity contribution is -0.160. The summed E-state index contributed by atoms with van der Waals surface area (Å²) in [6, 6.07) is 0. The lowest BCUT2D eigenvalue weighted by Gasteiger charge is -2.44. The first kappa shape index (κ1) is 12.5. The van der Waals surface area contributed by atoms with Crippen LogP contribution in [0, 0.1) is 5.41 Å². The maximum atomic E-state index is 12.5. The molecule has 0 bridgehead atoms. The largest absolute Gasteiger partial charge is 0.481 e. The zero-order valence-corrected chi connectivity index (χ0v) is 9.20. The first-order valence-corrected chi connectivity index (χ1v) is 4.84. The Morgan fingerprint density at radius 3 is 2.50 bits per heavy atom. The number of carboxylic acids is 1. The van der Waals surface area contributed by atoms with Crippen LogP contribution in [0.15, 0.2) is 11.8 Å². The first-order valence-electron chi connectivity index (χ1n) is 4.84. The van der Waals surface area contributed by atoms with Crippen LogP contribution in [0.2, 0.25) is 0 Å². The molecule has 0 aromatic rings. The van der Waals surface area contributed by atoms with E-state index in [4.69, 9.17) is 9.84 Å². The van der Waals surface area contributed by atoms with Crippen LogP contribution in [0.5, 0.6) is 0 Å². The predicted octanol–water partition coefficient (Wildman–Crippen LogP) is 1.40. The van der Waals surface area contributed by atoms with Crippen molar-refractivity contribution >= 4 is 12.1 Å². The summed E-state index contributed by atoms with van der Waals surface area (Å²) in [5.74, 6) is -0.792. The van der Waals surface area contributed by atoms with Crippen molar-refractivity contribution in [2.24, 2.45) is 5.41 Å². The third kappa shape index (κ3) is 2.15. The zero-order valence-electron chi connectivity index (χ0n) is 9.20. The normalized spacial score (nSPS) is 18.9. The van der Waals surface area contributed by atoms with E-state index in [0.717, 1.165) is 0 Å². The minimum absolute atomic E-state index is 0.144. The Morgan fingerprint density at radius 2 is 2.12 bits per heavy atom. The third-order valence-corrected chi connectivity index (χ3v) is 2.61. The molecule has 1 fully saturated rings. The smallest absolute Gasteiger partial charge is 0.414 e. The van der Waals surface area contributed by atoms with Gasteiger partial charge in [0.05, 0.1) is 0 Å². The second-order valence-electron chi connectivity index (χ2n) is 3.84. The molecule has 6 heteroatoms. The Balaban J connectivity index is 2.52. The van der Waals surface area contributed by atoms with Crippen LogP contribution < -0.4 is 0 Å². The number of allylic oxidation sites excluding steroid dienone is 2. The highest BCUT2D eigenvalue weighted by molar-refractivity contribution is 5.81. The topological polar surface area (TPSA) is 66.8 Å². The van der Waals surface area contributed by atoms with Gasteiger partial charge in [0.15, 0.2) is 0 Å². The number of likely N-dealkylation sites (tertiary alicyclic amines) is 1. The second kappa shape index (κ2) is 4.51. The van der Waals surface area contributed by atoms with E-state index in [9.17, 15) is 14.0 Å². The number of carbonyl (C=O) groups is 2. The van der Waals surface area contributed by atoms with Gasteiger partial charge in [0.1, 0.15) is 17.8 Å². The van der Waals surface area contributed by atoms with Crippen LogP contribution in [0.1, 0.15) is 13.8 Å². The van der Waals surface area contributed by atoms with Crippen LogP contribution in [-0.4, -0.2) is 41.8 Å². The minimum Gasteiger partial charge on any atom is -0.481 e. The number of alkyl halides is 1. The molecule has 1 aliphatic rings. The number of amides is 1. The SMILES string of the molecule is C/C=C(\C)OC(=O)N1CC(CF)(C(=O)O)C1. The van der Waals surface area contributed by atoms with E-state index in [1.807, 2.05) is 0 Å². The highest BCUT2D eigenvalue weighted by Gasteiger charge is 2.52. The van der Waals surface area contributed by atoms with Gasteiger partial charge in [-0.15, -0.1) is 0 Å². The van der Waals surface area contributed by atoms with E-state index < -0.39 is 24.2 Å². The van der Waals surface area contributed by atoms with Crippen molar-refractivity contribution in [3.63, 3.8) is 0 Å². The first-order chi connectivity index (χ1) is 7.45. The zero-order chi connectivity index (χ0) is 12.3. The number of carbonyl (C=O) groups excluding carboxylic acids is 1. The van der Waals surface area contributed by atoms with Gasteiger partial charge in [-0.1, -0.05) is 0 Å². The number of nitrogens with zero attached hydrogens (tertiary/aromatic N) is 1. The summed E-state index contributed by atoms with van der Waals surface area (Å²) in [7, 11) is 0. The number of hydrogen-bond donors (Lipinski definition) is 1. The van der Waals surface area contributed by atoms with Gasteiger partial charge in [0.2, 0.25) is 0 Å². The van der Waals surface area contributed by atoms with E-state index in [0.29, 0.717) is 5.76 Å². The molecule has 1 rings (SSSR count). The van der Waals surface area contributed by atoms with E-state index in [-0.39, 0.29) is 13.1 Å². The maximum Gasteiger partial charge on any atom is 0.414 e. The summed E-state index contributed by atoms with van der Waals surface area (Å²) in [6.45, 7) is 2.05. The summed E-state index contributed by atoms with van der Waals surface area (Å²) in [5, 5.41) is 8.78. The summed E-state index contributed by atoms with van der Waals surface area (Å²) < 4.78 is 17.4. The monoisotopic (exact) mass is 231 g/mol. The summed E-state index contributed by atoms with van der Waals surface area (Å²) in [5.41, 5.74) is -1.44. The minimum atomic E-state index is -1.44. The molecule has 0 spiro atoms. The molecule has 5 nitrogen and oxygen atoms in total. The van der Waals surface area contributed by atoms with Crippen molar-refractivity contribution in [1.82, 2.24) is 4.90 Å². The summed E-state index contributed by atoms with van der Waals surface area (Å²) >= 11 is 0. The Morgan fingerprint density at radius 1 is 1.56 bits per heavy atom. The third-order valence-electron chi connectivity index (χ3n) is 2.61. The Kier molecular flexibility index (Phi) is 3.51. The molecule has 0 aromatic carbocycles. The molecule has 0 aromatic heterocycles. The number of halogens is 1. The fraction of sp³-hybridized carbons (Fsp3) is 0.600. The second-order valence-corrected chi connectivity index (χ2v) is 3.84. The van der Waals surface area contributed by atoms with Crippen molar-refractivity contribution in [1.29, 1.82) is 0 Å². The van der Waals surface area contributed by atoms with Crippen molar-refractivity contribution < 1.29 is 23.8 Å². The van der Waals surface area contributed by atoms with Gasteiger partial charge in [-0.2, -0.15) is 0 Å². The van der Waals surface area contributed by atoms with Crippen molar-refractivity contribution in [3.05, 3.63) is 11.8 Å². The average molecular weight is 231 g/mol. The molecule has 1 N–H and O–H groups in total. The quantitative estimate of drug-likeness (QED) is 0.745. The molecule has 1 amide bonds. The molecule has 1 saturated heterocycles. The Labute approximate surface area is 92.5 Å². The fourth-order valence-corrected chi connectivity index (χ4v) is 1.35. The predicted molar refractivity (Wildman–Crippen MR) is 53.5 cm³/mol. The van der Waals surface area contributed by atoms with Crippen molar-refractivity contribution in [2.75, 3.05) is 19.8 Å². The van der Waals surface area contributed by atoms with Gasteiger partial charge >= 0.3 is 12.1 Å². The van der Waals surface area contributed by atoms with Gasteiger partial charge in [0.25, 0.3) is 0 Å². The molecular formula is C10H14FNO4. The molecule has 0 radical (unpaired) electrons. The van der Waals surface area contributed by atoms with Gasteiger partial charge in [-0.05, 0) is 19.9 Å². The van der Waals surface area contributed by atoms with Crippen LogP contribution in [-0.2, 0) is 9.53 Å². The number of hydrogen-bond acceptors (Lipinski definition) is 3. The van der Waals surface area contributed by atoms with Crippen LogP contribution in [0.3, 0.4) is 0 Å². The van der Waals surface area contributed by atoms with Gasteiger partial charge in [-0.3, -0.25) is 4.79 Å². The molecule has 90 valence electrons. The lowest BCUT2D eigenvalue weighted by atomic mass is 9.81. The van der Waals surface area contributed by atoms with E-state index in [2.05, 4.69) is 0 Å². The number of ether oxygens (including phenoxy) is 1. The van der Waals surface area contributed by atoms with Crippen LogP contribution in [0.4, 0.5) is 9.18 Å². The van der Waals surface area contributed by atoms with Crippen LogP contribution >= 0.6 is 0 Å². The molecule has 0 saturated carbocycles. The highest BCUT2D eigenvalue weighted by Crippen LogP contribution is 2.32. The lowest BCUT2D eigenvalue weighted by Crippen LogP contribution is -2.63. The van der Waals surface area contributed by atoms with Crippen molar-refractivity contribution in [2.45, 2.75) is 13.8 Å². The standard InChI is InChI=1S/C10H14FNO4/c1-3-7(2)16-9(15)12-5-10(4-11,6-12)8(13)14/h3H,4-6H2,1-2H3,(H,13,14)/b7-3+. The molecule has 0 atom stereocenters. The van der Waals surface area contributed by atoms with Gasteiger partial charge < -0.3 is 14.7 Å². The summed E-state index contributed by atoms with van der Waals surface area (Å²) in [4.78, 5) is 23.3. The molecule has 1 heterocycles. The number of rotatable bonds is 3. The van der Waals surface area contributed by atoms with Crippen molar-refractivity contribution in [3.8, 4) is 0 Å². The Bertz CT molecular complexity index is 334.